The van der Waals surface area contributed by atoms with E-state index in [-0.39, 0.29) is 11.6 Å². The van der Waals surface area contributed by atoms with Gasteiger partial charge in [-0.3, -0.25) is 4.98 Å². The zero-order valence-electron chi connectivity index (χ0n) is 10.9. The number of aromatic nitrogens is 1. The normalized spacial score (nSPS) is 12.6. The minimum atomic E-state index is -0.501. The number of nitrogens with zero attached hydrogens (tertiary/aromatic N) is 1. The maximum Gasteiger partial charge on any atom is 0.133 e. The van der Waals surface area contributed by atoms with E-state index in [0.29, 0.717) is 18.5 Å². The second-order valence-electron chi connectivity index (χ2n) is 4.37. The minimum Gasteiger partial charge on any atom is -0.310 e. The zero-order chi connectivity index (χ0) is 13.8. The maximum absolute atomic E-state index is 14.2. The molecule has 1 aromatic carbocycles. The van der Waals surface area contributed by atoms with Crippen LogP contribution in [0, 0.1) is 18.6 Å². The number of rotatable bonds is 5. The van der Waals surface area contributed by atoms with Crippen LogP contribution < -0.4 is 5.32 Å². The summed E-state index contributed by atoms with van der Waals surface area (Å²) in [6.07, 6.45) is 2.27. The van der Waals surface area contributed by atoms with E-state index >= 15 is 0 Å². The highest BCUT2D eigenvalue weighted by Gasteiger charge is 2.21. The van der Waals surface area contributed by atoms with Crippen LogP contribution in [0.25, 0.3) is 0 Å². The summed E-state index contributed by atoms with van der Waals surface area (Å²) in [6, 6.07) is 2.42. The average Bonchev–Trinajstić information content (AvgIpc) is 2.87. The summed E-state index contributed by atoms with van der Waals surface area (Å²) in [7, 11) is 0. The lowest BCUT2D eigenvalue weighted by Gasteiger charge is -2.19. The van der Waals surface area contributed by atoms with Crippen LogP contribution in [0.15, 0.2) is 23.8 Å². The van der Waals surface area contributed by atoms with Crippen molar-refractivity contribution in [1.82, 2.24) is 10.3 Å². The topological polar surface area (TPSA) is 24.9 Å². The van der Waals surface area contributed by atoms with Gasteiger partial charge in [-0.15, -0.1) is 11.3 Å². The van der Waals surface area contributed by atoms with Gasteiger partial charge in [0.15, 0.2) is 0 Å². The SMILES string of the molecule is CCNC(Cc1cncs1)c1c(F)ccc(C)c1F. The molecule has 1 aromatic heterocycles. The van der Waals surface area contributed by atoms with E-state index < -0.39 is 11.6 Å². The van der Waals surface area contributed by atoms with Gasteiger partial charge >= 0.3 is 0 Å². The van der Waals surface area contributed by atoms with Crippen LogP contribution in [-0.2, 0) is 6.42 Å². The van der Waals surface area contributed by atoms with Gasteiger partial charge < -0.3 is 5.32 Å². The molecule has 2 nitrogen and oxygen atoms in total. The fourth-order valence-electron chi connectivity index (χ4n) is 2.06. The van der Waals surface area contributed by atoms with Crippen molar-refractivity contribution < 1.29 is 8.78 Å². The standard InChI is InChI=1S/C14H16F2N2S/c1-3-18-12(6-10-7-17-8-19-10)13-11(15)5-4-9(2)14(13)16/h4-5,7-8,12,18H,3,6H2,1-2H3. The number of thiazole rings is 1. The van der Waals surface area contributed by atoms with Crippen molar-refractivity contribution >= 4 is 11.3 Å². The molecule has 5 heteroatoms. The smallest absolute Gasteiger partial charge is 0.133 e. The number of nitrogens with one attached hydrogen (secondary N) is 1. The van der Waals surface area contributed by atoms with Crippen LogP contribution in [0.3, 0.4) is 0 Å². The van der Waals surface area contributed by atoms with E-state index in [4.69, 9.17) is 0 Å². The largest absolute Gasteiger partial charge is 0.310 e. The Morgan fingerprint density at radius 2 is 2.16 bits per heavy atom. The number of halogens is 2. The Kier molecular flexibility index (Phi) is 4.61. The Morgan fingerprint density at radius 1 is 1.37 bits per heavy atom. The summed E-state index contributed by atoms with van der Waals surface area (Å²) in [4.78, 5) is 5.00. The second kappa shape index (κ2) is 6.21. The summed E-state index contributed by atoms with van der Waals surface area (Å²) in [6.45, 7) is 4.22. The van der Waals surface area contributed by atoms with E-state index in [1.807, 2.05) is 6.92 Å². The number of benzene rings is 1. The summed E-state index contributed by atoms with van der Waals surface area (Å²) >= 11 is 1.49. The van der Waals surface area contributed by atoms with Gasteiger partial charge in [0.25, 0.3) is 0 Å². The molecule has 0 fully saturated rings. The van der Waals surface area contributed by atoms with Crippen molar-refractivity contribution in [2.75, 3.05) is 6.54 Å². The molecule has 0 saturated heterocycles. The first kappa shape index (κ1) is 14.1. The first-order valence-electron chi connectivity index (χ1n) is 6.18. The van der Waals surface area contributed by atoms with Gasteiger partial charge in [0.1, 0.15) is 11.6 Å². The molecule has 1 unspecified atom stereocenters. The van der Waals surface area contributed by atoms with Crippen molar-refractivity contribution in [2.24, 2.45) is 0 Å². The van der Waals surface area contributed by atoms with Gasteiger partial charge in [-0.1, -0.05) is 13.0 Å². The Morgan fingerprint density at radius 3 is 2.79 bits per heavy atom. The molecule has 0 spiro atoms. The Bertz CT molecular complexity index is 541. The predicted octanol–water partition coefficient (Wildman–Crippen LogP) is 3.62. The fourth-order valence-corrected chi connectivity index (χ4v) is 2.71. The molecule has 0 amide bonds. The summed E-state index contributed by atoms with van der Waals surface area (Å²) in [5.74, 6) is -0.964. The zero-order valence-corrected chi connectivity index (χ0v) is 11.7. The highest BCUT2D eigenvalue weighted by atomic mass is 32.1. The first-order chi connectivity index (χ1) is 9.13. The van der Waals surface area contributed by atoms with Gasteiger partial charge in [-0.25, -0.2) is 8.78 Å². The minimum absolute atomic E-state index is 0.121. The lowest BCUT2D eigenvalue weighted by molar-refractivity contribution is 0.472. The van der Waals surface area contributed by atoms with Crippen LogP contribution in [0.1, 0.15) is 29.0 Å². The molecule has 0 aliphatic heterocycles. The Balaban J connectivity index is 2.36. The van der Waals surface area contributed by atoms with Crippen LogP contribution in [0.4, 0.5) is 8.78 Å². The van der Waals surface area contributed by atoms with E-state index in [0.717, 1.165) is 4.88 Å². The van der Waals surface area contributed by atoms with Gasteiger partial charge in [-0.05, 0) is 25.1 Å². The lowest BCUT2D eigenvalue weighted by atomic mass is 9.99. The van der Waals surface area contributed by atoms with Crippen molar-refractivity contribution in [1.29, 1.82) is 0 Å². The number of hydrogen-bond donors (Lipinski definition) is 1. The van der Waals surface area contributed by atoms with E-state index in [1.165, 1.54) is 23.5 Å². The average molecular weight is 282 g/mol. The fraction of sp³-hybridized carbons (Fsp3) is 0.357. The van der Waals surface area contributed by atoms with Gasteiger partial charge in [-0.2, -0.15) is 0 Å². The van der Waals surface area contributed by atoms with Crippen molar-refractivity contribution in [3.05, 3.63) is 51.5 Å². The molecular formula is C14H16F2N2S. The summed E-state index contributed by atoms with van der Waals surface area (Å²) in [5.41, 5.74) is 2.31. The third kappa shape index (κ3) is 3.16. The molecule has 2 aromatic rings. The third-order valence-electron chi connectivity index (χ3n) is 3.01. The van der Waals surface area contributed by atoms with Gasteiger partial charge in [0, 0.05) is 29.1 Å². The molecule has 0 radical (unpaired) electrons. The Hall–Kier alpha value is -1.33. The third-order valence-corrected chi connectivity index (χ3v) is 3.81. The Labute approximate surface area is 115 Å². The summed E-state index contributed by atoms with van der Waals surface area (Å²) in [5, 5.41) is 3.14. The molecule has 0 bridgehead atoms. The highest BCUT2D eigenvalue weighted by Crippen LogP contribution is 2.27. The molecule has 1 heterocycles. The van der Waals surface area contributed by atoms with Crippen molar-refractivity contribution in [2.45, 2.75) is 26.3 Å². The second-order valence-corrected chi connectivity index (χ2v) is 5.34. The lowest BCUT2D eigenvalue weighted by Crippen LogP contribution is -2.25. The van der Waals surface area contributed by atoms with Crippen LogP contribution in [-0.4, -0.2) is 11.5 Å². The molecule has 0 aliphatic carbocycles. The van der Waals surface area contributed by atoms with Gasteiger partial charge in [0.2, 0.25) is 0 Å². The summed E-state index contributed by atoms with van der Waals surface area (Å²) < 4.78 is 28.1. The predicted molar refractivity (Wildman–Crippen MR) is 73.3 cm³/mol. The van der Waals surface area contributed by atoms with Crippen LogP contribution in [0.2, 0.25) is 0 Å². The van der Waals surface area contributed by atoms with Crippen LogP contribution >= 0.6 is 11.3 Å². The van der Waals surface area contributed by atoms with E-state index in [2.05, 4.69) is 10.3 Å². The first-order valence-corrected chi connectivity index (χ1v) is 7.06. The molecule has 102 valence electrons. The van der Waals surface area contributed by atoms with E-state index in [1.54, 1.807) is 18.6 Å². The van der Waals surface area contributed by atoms with Crippen molar-refractivity contribution in [3.8, 4) is 0 Å². The monoisotopic (exact) mass is 282 g/mol. The van der Waals surface area contributed by atoms with Crippen molar-refractivity contribution in [3.63, 3.8) is 0 Å². The highest BCUT2D eigenvalue weighted by molar-refractivity contribution is 7.09. The van der Waals surface area contributed by atoms with E-state index in [9.17, 15) is 8.78 Å². The molecule has 1 N–H and O–H groups in total. The van der Waals surface area contributed by atoms with Crippen LogP contribution in [0.5, 0.6) is 0 Å². The number of aryl methyl sites for hydroxylation is 1. The molecule has 0 aliphatic rings. The molecule has 1 atom stereocenters. The molecular weight excluding hydrogens is 266 g/mol. The quantitative estimate of drug-likeness (QED) is 0.906. The molecule has 0 saturated carbocycles. The molecule has 19 heavy (non-hydrogen) atoms. The van der Waals surface area contributed by atoms with Gasteiger partial charge in [0.05, 0.1) is 5.51 Å². The maximum atomic E-state index is 14.2. The number of hydrogen-bond acceptors (Lipinski definition) is 3. The number of likely N-dealkylation sites (N-methyl/N-ethyl adjacent to an activating group) is 1. The molecule has 2 rings (SSSR count).